The molecule has 1 aliphatic rings. The number of aliphatic carboxylic acids is 1. The average Bonchev–Trinajstić information content (AvgIpc) is 2.61. The lowest BCUT2D eigenvalue weighted by Crippen LogP contribution is -3.14. The topological polar surface area (TPSA) is 99.5 Å². The number of morpholine rings is 1. The molecule has 0 bridgehead atoms. The van der Waals surface area contributed by atoms with Gasteiger partial charge in [0.1, 0.15) is 30.8 Å². The number of quaternary nitrogens is 2. The molecule has 1 atom stereocenters. The van der Waals surface area contributed by atoms with Gasteiger partial charge < -0.3 is 30.2 Å². The molecule has 0 aliphatic carbocycles. The van der Waals surface area contributed by atoms with Crippen molar-refractivity contribution >= 4 is 17.6 Å². The summed E-state index contributed by atoms with van der Waals surface area (Å²) in [5.74, 6) is -3.69. The Morgan fingerprint density at radius 1 is 1.31 bits per heavy atom. The van der Waals surface area contributed by atoms with Gasteiger partial charge in [-0.15, -0.1) is 0 Å². The molecule has 1 amide bonds. The number of carbonyl (C=O) groups excluding carboxylic acids is 2. The second-order valence-electron chi connectivity index (χ2n) is 6.29. The lowest BCUT2D eigenvalue weighted by Gasteiger charge is -2.23. The Labute approximate surface area is 150 Å². The van der Waals surface area contributed by atoms with Crippen LogP contribution in [0.15, 0.2) is 18.2 Å². The Morgan fingerprint density at radius 2 is 2.04 bits per heavy atom. The highest BCUT2D eigenvalue weighted by molar-refractivity contribution is 5.93. The molecule has 1 fully saturated rings. The smallest absolute Gasteiger partial charge is 0.230 e. The van der Waals surface area contributed by atoms with Crippen molar-refractivity contribution < 1.29 is 38.4 Å². The maximum atomic E-state index is 13.5. The molecule has 144 valence electrons. The number of hydrogen-bond donors (Lipinski definition) is 3. The Morgan fingerprint density at radius 3 is 2.69 bits per heavy atom. The lowest BCUT2D eigenvalue weighted by molar-refractivity contribution is -0.909. The van der Waals surface area contributed by atoms with E-state index in [1.165, 1.54) is 4.90 Å². The Balaban J connectivity index is 1.75. The third-order valence-electron chi connectivity index (χ3n) is 4.30. The second kappa shape index (κ2) is 10.1. The summed E-state index contributed by atoms with van der Waals surface area (Å²) < 4.78 is 31.7. The summed E-state index contributed by atoms with van der Waals surface area (Å²) in [5, 5.41) is 15.0. The van der Waals surface area contributed by atoms with Crippen LogP contribution < -0.4 is 20.6 Å². The van der Waals surface area contributed by atoms with E-state index in [2.05, 4.69) is 5.32 Å². The summed E-state index contributed by atoms with van der Waals surface area (Å²) in [6, 6.07) is 1.69. The van der Waals surface area contributed by atoms with Crippen molar-refractivity contribution in [2.75, 3.05) is 44.7 Å². The highest BCUT2D eigenvalue weighted by Crippen LogP contribution is 2.15. The molecule has 4 N–H and O–H groups in total. The van der Waals surface area contributed by atoms with Crippen LogP contribution >= 0.6 is 0 Å². The minimum Gasteiger partial charge on any atom is -0.544 e. The van der Waals surface area contributed by atoms with Crippen LogP contribution in [0.3, 0.4) is 0 Å². The van der Waals surface area contributed by atoms with Crippen LogP contribution in [0, 0.1) is 11.6 Å². The molecule has 0 radical (unpaired) electrons. The van der Waals surface area contributed by atoms with Gasteiger partial charge in [0.15, 0.2) is 0 Å². The van der Waals surface area contributed by atoms with Crippen LogP contribution in [-0.4, -0.2) is 57.3 Å². The van der Waals surface area contributed by atoms with E-state index in [-0.39, 0.29) is 12.1 Å². The molecular weight excluding hydrogens is 348 g/mol. The van der Waals surface area contributed by atoms with Crippen molar-refractivity contribution in [2.24, 2.45) is 0 Å². The molecular formula is C17H24F2N3O4+. The first-order chi connectivity index (χ1) is 12.5. The molecule has 1 aliphatic heterocycles. The molecule has 26 heavy (non-hydrogen) atoms. The van der Waals surface area contributed by atoms with Crippen molar-refractivity contribution in [3.05, 3.63) is 29.8 Å². The Bertz CT molecular complexity index is 624. The number of rotatable bonds is 9. The van der Waals surface area contributed by atoms with Gasteiger partial charge in [0.2, 0.25) is 5.91 Å². The van der Waals surface area contributed by atoms with E-state index >= 15 is 0 Å². The zero-order valence-electron chi connectivity index (χ0n) is 14.4. The van der Waals surface area contributed by atoms with Crippen LogP contribution in [0.5, 0.6) is 0 Å². The second-order valence-corrected chi connectivity index (χ2v) is 6.29. The van der Waals surface area contributed by atoms with E-state index in [1.807, 2.05) is 0 Å². The van der Waals surface area contributed by atoms with Gasteiger partial charge >= 0.3 is 0 Å². The highest BCUT2D eigenvalue weighted by Gasteiger charge is 2.20. The maximum Gasteiger partial charge on any atom is 0.230 e. The Kier molecular flexibility index (Phi) is 7.89. The van der Waals surface area contributed by atoms with Gasteiger partial charge in [-0.2, -0.15) is 0 Å². The standard InChI is InChI=1S/C17H23F2N3O4/c18-12-2-3-14(13(19)10-12)21-16(23)11-15(17(24)25)20-4-1-5-22-6-8-26-9-7-22/h2-3,10,15,20H,1,4-9,11H2,(H,21,23)(H,24,25)/p+1/t15-/m1/s1. The molecule has 0 saturated carbocycles. The third kappa shape index (κ3) is 6.66. The van der Waals surface area contributed by atoms with Gasteiger partial charge in [0, 0.05) is 12.5 Å². The minimum atomic E-state index is -1.35. The van der Waals surface area contributed by atoms with E-state index in [4.69, 9.17) is 4.74 Å². The highest BCUT2D eigenvalue weighted by atomic mass is 19.1. The molecule has 1 aromatic carbocycles. The van der Waals surface area contributed by atoms with Gasteiger partial charge in [0.05, 0.1) is 44.4 Å². The van der Waals surface area contributed by atoms with Gasteiger partial charge in [-0.3, -0.25) is 4.79 Å². The van der Waals surface area contributed by atoms with E-state index in [1.54, 1.807) is 5.32 Å². The largest absolute Gasteiger partial charge is 0.544 e. The van der Waals surface area contributed by atoms with Crippen LogP contribution in [0.25, 0.3) is 0 Å². The number of nitrogens with one attached hydrogen (secondary N) is 2. The van der Waals surface area contributed by atoms with Gasteiger partial charge in [-0.1, -0.05) is 0 Å². The van der Waals surface area contributed by atoms with Crippen LogP contribution in [0.4, 0.5) is 14.5 Å². The molecule has 9 heteroatoms. The van der Waals surface area contributed by atoms with Crippen LogP contribution in [0.1, 0.15) is 12.8 Å². The minimum absolute atomic E-state index is 0.190. The van der Waals surface area contributed by atoms with E-state index < -0.39 is 29.6 Å². The number of carboxylic acids is 1. The quantitative estimate of drug-likeness (QED) is 0.410. The Hall–Kier alpha value is -2.10. The molecule has 1 aromatic rings. The molecule has 7 nitrogen and oxygen atoms in total. The summed E-state index contributed by atoms with van der Waals surface area (Å²) in [6.45, 7) is 4.81. The SMILES string of the molecule is O=C(C[C@@H]([NH2+]CCC[NH+]1CCOCC1)C(=O)[O-])Nc1ccc(F)cc1F. The predicted molar refractivity (Wildman–Crippen MR) is 86.2 cm³/mol. The summed E-state index contributed by atoms with van der Waals surface area (Å²) in [6.07, 6.45) is 0.441. The fourth-order valence-corrected chi connectivity index (χ4v) is 2.84. The number of carboxylic acid groups (broad SMARTS) is 1. The average molecular weight is 372 g/mol. The third-order valence-corrected chi connectivity index (χ3v) is 4.30. The van der Waals surface area contributed by atoms with Crippen LogP contribution in [-0.2, 0) is 14.3 Å². The first kappa shape index (κ1) is 20.2. The molecule has 2 rings (SSSR count). The number of amides is 1. The summed E-state index contributed by atoms with van der Waals surface area (Å²) in [7, 11) is 0. The molecule has 0 aromatic heterocycles. The van der Waals surface area contributed by atoms with Crippen molar-refractivity contribution in [3.63, 3.8) is 0 Å². The van der Waals surface area contributed by atoms with Crippen molar-refractivity contribution in [2.45, 2.75) is 18.9 Å². The zero-order valence-corrected chi connectivity index (χ0v) is 14.4. The fourth-order valence-electron chi connectivity index (χ4n) is 2.84. The predicted octanol–water partition coefficient (Wildman–Crippen LogP) is -2.72. The van der Waals surface area contributed by atoms with Crippen molar-refractivity contribution in [1.29, 1.82) is 0 Å². The number of halogens is 2. The molecule has 0 spiro atoms. The van der Waals surface area contributed by atoms with Gasteiger partial charge in [0.25, 0.3) is 0 Å². The molecule has 1 saturated heterocycles. The molecule has 1 heterocycles. The fraction of sp³-hybridized carbons (Fsp3) is 0.529. The lowest BCUT2D eigenvalue weighted by atomic mass is 10.2. The van der Waals surface area contributed by atoms with E-state index in [9.17, 15) is 23.5 Å². The number of nitrogens with two attached hydrogens (primary N) is 1. The number of benzene rings is 1. The van der Waals surface area contributed by atoms with Crippen LogP contribution in [0.2, 0.25) is 0 Å². The van der Waals surface area contributed by atoms with Gasteiger partial charge in [-0.05, 0) is 12.1 Å². The number of hydrogen-bond acceptors (Lipinski definition) is 4. The van der Waals surface area contributed by atoms with E-state index in [0.717, 1.165) is 51.4 Å². The summed E-state index contributed by atoms with van der Waals surface area (Å²) in [4.78, 5) is 24.6. The van der Waals surface area contributed by atoms with Crippen molar-refractivity contribution in [1.82, 2.24) is 0 Å². The summed E-state index contributed by atoms with van der Waals surface area (Å²) >= 11 is 0. The number of anilines is 1. The number of ether oxygens (including phenoxy) is 1. The zero-order chi connectivity index (χ0) is 18.9. The maximum absolute atomic E-state index is 13.5. The van der Waals surface area contributed by atoms with Gasteiger partial charge in [-0.25, -0.2) is 8.78 Å². The first-order valence-corrected chi connectivity index (χ1v) is 8.66. The van der Waals surface area contributed by atoms with E-state index in [0.29, 0.717) is 12.6 Å². The normalized spacial score (nSPS) is 16.2. The monoisotopic (exact) mass is 372 g/mol. The summed E-state index contributed by atoms with van der Waals surface area (Å²) in [5.41, 5.74) is -0.190. The van der Waals surface area contributed by atoms with Crippen molar-refractivity contribution in [3.8, 4) is 0 Å². The first-order valence-electron chi connectivity index (χ1n) is 8.66. The number of carbonyl (C=O) groups is 2. The molecule has 0 unspecified atom stereocenters.